The summed E-state index contributed by atoms with van der Waals surface area (Å²) in [7, 11) is 0. The molecule has 1 saturated heterocycles. The quantitative estimate of drug-likeness (QED) is 0.766. The minimum absolute atomic E-state index is 0.0338. The fraction of sp³-hybridized carbons (Fsp3) is 0.455. The van der Waals surface area contributed by atoms with Gasteiger partial charge >= 0.3 is 0 Å². The van der Waals surface area contributed by atoms with Crippen LogP contribution in [0.1, 0.15) is 25.5 Å². The first-order valence-electron chi connectivity index (χ1n) is 5.44. The molecule has 4 nitrogen and oxygen atoms in total. The van der Waals surface area contributed by atoms with Gasteiger partial charge in [-0.2, -0.15) is 5.10 Å². The maximum Gasteiger partial charge on any atom is 0.150 e. The highest BCUT2D eigenvalue weighted by molar-refractivity contribution is 6.35. The van der Waals surface area contributed by atoms with Crippen molar-refractivity contribution in [2.75, 3.05) is 6.61 Å². The zero-order chi connectivity index (χ0) is 11.0. The highest BCUT2D eigenvalue weighted by atomic mass is 35.5. The highest BCUT2D eigenvalue weighted by Crippen LogP contribution is 2.28. The van der Waals surface area contributed by atoms with Crippen molar-refractivity contribution in [3.63, 3.8) is 0 Å². The van der Waals surface area contributed by atoms with Crippen LogP contribution in [0, 0.1) is 0 Å². The van der Waals surface area contributed by atoms with Gasteiger partial charge in [-0.15, -0.1) is 0 Å². The molecule has 0 amide bonds. The minimum atomic E-state index is 0.0338. The lowest BCUT2D eigenvalue weighted by Gasteiger charge is -2.23. The molecule has 1 fully saturated rings. The molecule has 5 heteroatoms. The van der Waals surface area contributed by atoms with Gasteiger partial charge in [0.2, 0.25) is 0 Å². The van der Waals surface area contributed by atoms with Gasteiger partial charge in [0.25, 0.3) is 0 Å². The largest absolute Gasteiger partial charge is 0.356 e. The summed E-state index contributed by atoms with van der Waals surface area (Å²) in [6.45, 7) is 0.806. The van der Waals surface area contributed by atoms with Crippen LogP contribution in [0.15, 0.2) is 18.6 Å². The van der Waals surface area contributed by atoms with Crippen molar-refractivity contribution in [1.29, 1.82) is 0 Å². The SMILES string of the molecule is Clc1cncc2c1cnn2C1CCCCO1. The second-order valence-electron chi connectivity index (χ2n) is 3.96. The van der Waals surface area contributed by atoms with Gasteiger partial charge in [-0.25, -0.2) is 4.68 Å². The van der Waals surface area contributed by atoms with Gasteiger partial charge < -0.3 is 4.74 Å². The summed E-state index contributed by atoms with van der Waals surface area (Å²) in [5.74, 6) is 0. The average molecular weight is 238 g/mol. The lowest BCUT2D eigenvalue weighted by molar-refractivity contribution is -0.0367. The summed E-state index contributed by atoms with van der Waals surface area (Å²) in [5, 5.41) is 5.92. The molecule has 2 aromatic rings. The zero-order valence-corrected chi connectivity index (χ0v) is 9.52. The van der Waals surface area contributed by atoms with Gasteiger partial charge in [0.15, 0.2) is 6.23 Å². The summed E-state index contributed by atoms with van der Waals surface area (Å²) in [6, 6.07) is 0. The molecule has 1 unspecified atom stereocenters. The second-order valence-corrected chi connectivity index (χ2v) is 4.37. The Kier molecular flexibility index (Phi) is 2.53. The van der Waals surface area contributed by atoms with Crippen molar-refractivity contribution in [2.24, 2.45) is 0 Å². The molecule has 0 bridgehead atoms. The maximum absolute atomic E-state index is 6.05. The van der Waals surface area contributed by atoms with E-state index in [0.717, 1.165) is 30.4 Å². The molecule has 1 atom stereocenters. The number of hydrogen-bond acceptors (Lipinski definition) is 3. The zero-order valence-electron chi connectivity index (χ0n) is 8.77. The predicted octanol–water partition coefficient (Wildman–Crippen LogP) is 2.78. The summed E-state index contributed by atoms with van der Waals surface area (Å²) >= 11 is 6.05. The number of halogens is 1. The van der Waals surface area contributed by atoms with Crippen LogP contribution < -0.4 is 0 Å². The molecule has 84 valence electrons. The molecule has 1 aliphatic heterocycles. The number of nitrogens with zero attached hydrogens (tertiary/aromatic N) is 3. The summed E-state index contributed by atoms with van der Waals surface area (Å²) in [4.78, 5) is 4.09. The molecular formula is C11H12ClN3O. The van der Waals surface area contributed by atoms with Crippen LogP contribution in [0.5, 0.6) is 0 Å². The lowest BCUT2D eigenvalue weighted by atomic mass is 10.2. The van der Waals surface area contributed by atoms with E-state index in [4.69, 9.17) is 16.3 Å². The van der Waals surface area contributed by atoms with E-state index in [1.54, 1.807) is 18.6 Å². The fourth-order valence-corrected chi connectivity index (χ4v) is 2.28. The van der Waals surface area contributed by atoms with Crippen molar-refractivity contribution in [3.8, 4) is 0 Å². The first kappa shape index (κ1) is 10.1. The lowest BCUT2D eigenvalue weighted by Crippen LogP contribution is -2.18. The third-order valence-electron chi connectivity index (χ3n) is 2.90. The smallest absolute Gasteiger partial charge is 0.150 e. The van der Waals surface area contributed by atoms with Gasteiger partial charge in [-0.3, -0.25) is 4.98 Å². The van der Waals surface area contributed by atoms with Crippen LogP contribution in [-0.4, -0.2) is 21.4 Å². The van der Waals surface area contributed by atoms with Gasteiger partial charge in [0, 0.05) is 18.2 Å². The molecule has 0 aromatic carbocycles. The van der Waals surface area contributed by atoms with Crippen molar-refractivity contribution in [1.82, 2.24) is 14.8 Å². The molecule has 0 saturated carbocycles. The second kappa shape index (κ2) is 4.03. The monoisotopic (exact) mass is 237 g/mol. The van der Waals surface area contributed by atoms with Gasteiger partial charge in [-0.1, -0.05) is 11.6 Å². The molecule has 3 rings (SSSR count). The Hall–Kier alpha value is -1.13. The van der Waals surface area contributed by atoms with Crippen LogP contribution >= 0.6 is 11.6 Å². The molecule has 0 N–H and O–H groups in total. The van der Waals surface area contributed by atoms with Crippen LogP contribution in [0.3, 0.4) is 0 Å². The number of hydrogen-bond donors (Lipinski definition) is 0. The van der Waals surface area contributed by atoms with E-state index >= 15 is 0 Å². The Bertz CT molecular complexity index is 505. The summed E-state index contributed by atoms with van der Waals surface area (Å²) < 4.78 is 7.58. The van der Waals surface area contributed by atoms with E-state index in [-0.39, 0.29) is 6.23 Å². The van der Waals surface area contributed by atoms with Gasteiger partial charge in [-0.05, 0) is 19.3 Å². The van der Waals surface area contributed by atoms with E-state index < -0.39 is 0 Å². The molecule has 1 aliphatic rings. The molecule has 0 aliphatic carbocycles. The average Bonchev–Trinajstić information content (AvgIpc) is 2.75. The Morgan fingerprint density at radius 1 is 1.31 bits per heavy atom. The molecule has 2 aromatic heterocycles. The fourth-order valence-electron chi connectivity index (χ4n) is 2.07. The highest BCUT2D eigenvalue weighted by Gasteiger charge is 2.19. The van der Waals surface area contributed by atoms with Gasteiger partial charge in [0.1, 0.15) is 0 Å². The number of pyridine rings is 1. The van der Waals surface area contributed by atoms with Crippen molar-refractivity contribution < 1.29 is 4.74 Å². The van der Waals surface area contributed by atoms with E-state index in [2.05, 4.69) is 10.1 Å². The van der Waals surface area contributed by atoms with Crippen LogP contribution in [0.2, 0.25) is 5.02 Å². The van der Waals surface area contributed by atoms with E-state index in [0.29, 0.717) is 5.02 Å². The third kappa shape index (κ3) is 1.58. The summed E-state index contributed by atoms with van der Waals surface area (Å²) in [5.41, 5.74) is 0.944. The minimum Gasteiger partial charge on any atom is -0.356 e. The molecule has 0 spiro atoms. The van der Waals surface area contributed by atoms with Crippen LogP contribution in [-0.2, 0) is 4.74 Å². The standard InChI is InChI=1S/C11H12ClN3O/c12-9-6-13-7-10-8(9)5-14-15(10)11-3-1-2-4-16-11/h5-7,11H,1-4H2. The first-order chi connectivity index (χ1) is 7.86. The summed E-state index contributed by atoms with van der Waals surface area (Å²) in [6.07, 6.45) is 8.55. The van der Waals surface area contributed by atoms with E-state index in [1.807, 2.05) is 4.68 Å². The number of aromatic nitrogens is 3. The number of rotatable bonds is 1. The first-order valence-corrected chi connectivity index (χ1v) is 5.82. The Balaban J connectivity index is 2.06. The molecule has 0 radical (unpaired) electrons. The Labute approximate surface area is 98.2 Å². The Morgan fingerprint density at radius 2 is 2.25 bits per heavy atom. The van der Waals surface area contributed by atoms with Crippen LogP contribution in [0.4, 0.5) is 0 Å². The predicted molar refractivity (Wildman–Crippen MR) is 61.4 cm³/mol. The van der Waals surface area contributed by atoms with E-state index in [9.17, 15) is 0 Å². The number of ether oxygens (including phenoxy) is 1. The van der Waals surface area contributed by atoms with Gasteiger partial charge in [0.05, 0.1) is 22.9 Å². The van der Waals surface area contributed by atoms with Crippen molar-refractivity contribution in [2.45, 2.75) is 25.5 Å². The normalized spacial score (nSPS) is 21.4. The Morgan fingerprint density at radius 3 is 3.06 bits per heavy atom. The maximum atomic E-state index is 6.05. The van der Waals surface area contributed by atoms with Crippen molar-refractivity contribution >= 4 is 22.5 Å². The number of fused-ring (bicyclic) bond motifs is 1. The molecule has 3 heterocycles. The molecule has 16 heavy (non-hydrogen) atoms. The topological polar surface area (TPSA) is 39.9 Å². The van der Waals surface area contributed by atoms with E-state index in [1.165, 1.54) is 6.42 Å². The third-order valence-corrected chi connectivity index (χ3v) is 3.21. The van der Waals surface area contributed by atoms with Crippen LogP contribution in [0.25, 0.3) is 10.9 Å². The van der Waals surface area contributed by atoms with Crippen molar-refractivity contribution in [3.05, 3.63) is 23.6 Å². The molecular weight excluding hydrogens is 226 g/mol.